The van der Waals surface area contributed by atoms with Gasteiger partial charge < -0.3 is 39.2 Å². The Kier molecular flexibility index (Phi) is 13.2. The average molecular weight is 864 g/mol. The number of halogens is 1. The molecule has 2 saturated heterocycles. The minimum Gasteiger partial charge on any atom is -0.488 e. The predicted octanol–water partition coefficient (Wildman–Crippen LogP) is 6.15. The van der Waals surface area contributed by atoms with Crippen LogP contribution in [0.15, 0.2) is 71.9 Å². The number of benzene rings is 3. The van der Waals surface area contributed by atoms with Gasteiger partial charge in [0.1, 0.15) is 43.5 Å². The molecule has 0 amide bonds. The summed E-state index contributed by atoms with van der Waals surface area (Å²) < 4.78 is 49.5. The third-order valence-corrected chi connectivity index (χ3v) is 12.8. The number of aliphatic carboxylic acids is 2. The van der Waals surface area contributed by atoms with Gasteiger partial charge in [0.15, 0.2) is 21.3 Å². The molecule has 7 rings (SSSR count). The minimum absolute atomic E-state index is 0.00160. The first-order valence-corrected chi connectivity index (χ1v) is 22.3. The summed E-state index contributed by atoms with van der Waals surface area (Å²) in [5.74, 6) is 0.185. The van der Waals surface area contributed by atoms with E-state index in [1.165, 1.54) is 18.5 Å². The molecule has 3 aromatic carbocycles. The van der Waals surface area contributed by atoms with E-state index in [9.17, 15) is 28.2 Å². The monoisotopic (exact) mass is 863 g/mol. The van der Waals surface area contributed by atoms with Crippen LogP contribution in [0, 0.1) is 6.92 Å². The van der Waals surface area contributed by atoms with Crippen LogP contribution in [0.25, 0.3) is 11.1 Å². The van der Waals surface area contributed by atoms with Gasteiger partial charge in [0.2, 0.25) is 0 Å². The molecule has 0 bridgehead atoms. The Morgan fingerprint density at radius 2 is 1.80 bits per heavy atom. The number of likely N-dealkylation sites (tertiary alicyclic amines) is 2. The molecule has 16 heteroatoms. The van der Waals surface area contributed by atoms with Crippen LogP contribution in [-0.4, -0.2) is 107 Å². The smallest absolute Gasteiger partial charge is 0.320 e. The van der Waals surface area contributed by atoms with Gasteiger partial charge in [-0.2, -0.15) is 0 Å². The lowest BCUT2D eigenvalue weighted by atomic mass is 9.96. The molecule has 2 fully saturated rings. The zero-order valence-corrected chi connectivity index (χ0v) is 35.2. The van der Waals surface area contributed by atoms with Gasteiger partial charge in [0.25, 0.3) is 0 Å². The highest BCUT2D eigenvalue weighted by molar-refractivity contribution is 7.90. The first-order chi connectivity index (χ1) is 28.6. The van der Waals surface area contributed by atoms with Crippen molar-refractivity contribution in [2.75, 3.05) is 39.0 Å². The third-order valence-electron chi connectivity index (χ3n) is 11.4. The maximum Gasteiger partial charge on any atom is 0.320 e. The second-order valence-corrected chi connectivity index (χ2v) is 18.4. The maximum atomic E-state index is 12.2. The van der Waals surface area contributed by atoms with Crippen LogP contribution >= 0.6 is 11.6 Å². The first kappa shape index (κ1) is 43.2. The molecule has 3 aliphatic heterocycles. The van der Waals surface area contributed by atoms with E-state index in [2.05, 4.69) is 9.88 Å². The Morgan fingerprint density at radius 1 is 0.983 bits per heavy atom. The molecule has 1 aromatic heterocycles. The number of nitrogens with zero attached hydrogens (tertiary/aromatic N) is 3. The SMILES string of the molecule is Cc1c(COc2cc(OCc3cncc(S(C)(=O)=O)c3)c(CN3CCCCC3C(=O)O)cc2Cl)cccc1-c1ccc2c(c1)OC(CCN1CCC(O)(CC(=O)O)C1)CO2. The van der Waals surface area contributed by atoms with Gasteiger partial charge in [-0.25, -0.2) is 8.42 Å². The summed E-state index contributed by atoms with van der Waals surface area (Å²) in [5.41, 5.74) is 3.81. The van der Waals surface area contributed by atoms with E-state index in [0.29, 0.717) is 91.2 Å². The van der Waals surface area contributed by atoms with Crippen molar-refractivity contribution in [3.05, 3.63) is 94.3 Å². The van der Waals surface area contributed by atoms with Crippen LogP contribution in [0.4, 0.5) is 0 Å². The topological polar surface area (TPSA) is 185 Å². The second kappa shape index (κ2) is 18.4. The summed E-state index contributed by atoms with van der Waals surface area (Å²) in [6.07, 6.45) is 6.78. The molecule has 4 heterocycles. The summed E-state index contributed by atoms with van der Waals surface area (Å²) in [7, 11) is -3.49. The Morgan fingerprint density at radius 3 is 2.58 bits per heavy atom. The molecule has 0 aliphatic carbocycles. The van der Waals surface area contributed by atoms with Crippen molar-refractivity contribution in [3.63, 3.8) is 0 Å². The number of fused-ring (bicyclic) bond motifs is 1. The van der Waals surface area contributed by atoms with E-state index in [1.54, 1.807) is 12.1 Å². The van der Waals surface area contributed by atoms with Gasteiger partial charge in [0.05, 0.1) is 21.9 Å². The van der Waals surface area contributed by atoms with Gasteiger partial charge in [0, 0.05) is 68.4 Å². The number of carboxylic acids is 2. The number of sulfone groups is 1. The Labute approximate surface area is 354 Å². The molecule has 0 saturated carbocycles. The van der Waals surface area contributed by atoms with Crippen molar-refractivity contribution in [1.29, 1.82) is 0 Å². The van der Waals surface area contributed by atoms with E-state index in [1.807, 2.05) is 48.2 Å². The van der Waals surface area contributed by atoms with Crippen molar-refractivity contribution in [1.82, 2.24) is 14.8 Å². The molecular formula is C44H50ClN3O11S. The number of pyridine rings is 1. The zero-order valence-electron chi connectivity index (χ0n) is 33.6. The summed E-state index contributed by atoms with van der Waals surface area (Å²) in [6, 6.07) is 16.1. The number of aromatic nitrogens is 1. The Balaban J connectivity index is 1.06. The number of carbonyl (C=O) groups is 2. The van der Waals surface area contributed by atoms with Gasteiger partial charge in [-0.1, -0.05) is 42.3 Å². The number of hydrogen-bond acceptors (Lipinski definition) is 12. The Hall–Kier alpha value is -4.93. The molecule has 3 unspecified atom stereocenters. The van der Waals surface area contributed by atoms with E-state index >= 15 is 0 Å². The fourth-order valence-corrected chi connectivity index (χ4v) is 9.01. The normalized spacial score (nSPS) is 20.8. The van der Waals surface area contributed by atoms with Crippen molar-refractivity contribution in [3.8, 4) is 34.1 Å². The molecule has 14 nitrogen and oxygen atoms in total. The van der Waals surface area contributed by atoms with Crippen LogP contribution in [0.1, 0.15) is 60.8 Å². The molecule has 60 heavy (non-hydrogen) atoms. The number of carboxylic acid groups (broad SMARTS) is 2. The van der Waals surface area contributed by atoms with E-state index in [4.69, 9.17) is 35.7 Å². The lowest BCUT2D eigenvalue weighted by Gasteiger charge is -2.33. The van der Waals surface area contributed by atoms with E-state index in [-0.39, 0.29) is 37.2 Å². The lowest BCUT2D eigenvalue weighted by molar-refractivity contribution is -0.145. The predicted molar refractivity (Wildman–Crippen MR) is 223 cm³/mol. The maximum absolute atomic E-state index is 12.2. The number of aliphatic hydroxyl groups is 1. The van der Waals surface area contributed by atoms with Gasteiger partial charge in [-0.3, -0.25) is 19.5 Å². The fourth-order valence-electron chi connectivity index (χ4n) is 8.15. The summed E-state index contributed by atoms with van der Waals surface area (Å²) in [6.45, 7) is 5.05. The Bertz CT molecular complexity index is 2340. The molecule has 3 aliphatic rings. The number of rotatable bonds is 16. The lowest BCUT2D eigenvalue weighted by Crippen LogP contribution is -2.44. The molecule has 0 spiro atoms. The quantitative estimate of drug-likeness (QED) is 0.116. The van der Waals surface area contributed by atoms with Gasteiger partial charge >= 0.3 is 11.9 Å². The minimum atomic E-state index is -3.49. The van der Waals surface area contributed by atoms with E-state index < -0.39 is 33.4 Å². The molecule has 4 aromatic rings. The number of piperidine rings is 1. The van der Waals surface area contributed by atoms with Crippen molar-refractivity contribution in [2.24, 2.45) is 0 Å². The van der Waals surface area contributed by atoms with Crippen LogP contribution in [-0.2, 0) is 39.2 Å². The number of β-amino-alcohol motifs (C(OH)–C–C–N with tert-alkyl or cyclic N) is 1. The zero-order chi connectivity index (χ0) is 42.6. The molecule has 0 radical (unpaired) electrons. The van der Waals surface area contributed by atoms with Crippen LogP contribution < -0.4 is 18.9 Å². The van der Waals surface area contributed by atoms with Crippen molar-refractivity contribution < 1.29 is 52.3 Å². The molecule has 3 atom stereocenters. The second-order valence-electron chi connectivity index (χ2n) is 16.0. The van der Waals surface area contributed by atoms with Crippen LogP contribution in [0.2, 0.25) is 5.02 Å². The van der Waals surface area contributed by atoms with Crippen LogP contribution in [0.5, 0.6) is 23.0 Å². The molecule has 3 N–H and O–H groups in total. The largest absolute Gasteiger partial charge is 0.488 e. The fraction of sp³-hybridized carbons (Fsp3) is 0.432. The standard InChI is InChI=1S/C44H50ClN3O11S/c1-28-31(6-5-7-35(28)30-9-10-38-41(18-30)59-33(26-58-38)11-14-47-15-12-44(53,27-47)20-42(49)50)25-57-40-19-39(56-24-29-16-34(22-46-21-29)60(2,54)55)32(17-36(40)45)23-48-13-4-3-8-37(48)43(51)52/h5-7,9-10,16-19,21-22,33,37,53H,3-4,8,11-15,20,23-27H2,1-2H3,(H,49,50)(H,51,52). The van der Waals surface area contributed by atoms with Gasteiger partial charge in [-0.05, 0) is 79.3 Å². The summed E-state index contributed by atoms with van der Waals surface area (Å²) >= 11 is 6.86. The highest BCUT2D eigenvalue weighted by Crippen LogP contribution is 2.39. The highest BCUT2D eigenvalue weighted by atomic mass is 35.5. The van der Waals surface area contributed by atoms with Crippen LogP contribution in [0.3, 0.4) is 0 Å². The number of ether oxygens (including phenoxy) is 4. The van der Waals surface area contributed by atoms with Gasteiger partial charge in [-0.15, -0.1) is 0 Å². The summed E-state index contributed by atoms with van der Waals surface area (Å²) in [4.78, 5) is 31.4. The van der Waals surface area contributed by atoms with Crippen molar-refractivity contribution >= 4 is 33.4 Å². The molecule has 320 valence electrons. The van der Waals surface area contributed by atoms with Crippen molar-refractivity contribution in [2.45, 2.75) is 87.8 Å². The first-order valence-electron chi connectivity index (χ1n) is 20.0. The summed E-state index contributed by atoms with van der Waals surface area (Å²) in [5, 5.41) is 30.1. The average Bonchev–Trinajstić information content (AvgIpc) is 3.58. The third kappa shape index (κ3) is 10.5. The number of hydrogen-bond donors (Lipinski definition) is 3. The highest BCUT2D eigenvalue weighted by Gasteiger charge is 2.38. The van der Waals surface area contributed by atoms with E-state index in [0.717, 1.165) is 41.4 Å². The molecular weight excluding hydrogens is 814 g/mol.